The highest BCUT2D eigenvalue weighted by molar-refractivity contribution is 5.98. The highest BCUT2D eigenvalue weighted by Crippen LogP contribution is 2.39. The molecule has 0 aromatic heterocycles. The first kappa shape index (κ1) is 18.0. The summed E-state index contributed by atoms with van der Waals surface area (Å²) in [6.07, 6.45) is 2.42. The molecule has 1 aromatic carbocycles. The third-order valence-corrected chi connectivity index (χ3v) is 5.73. The fourth-order valence-corrected chi connectivity index (χ4v) is 4.34. The molecule has 144 valence electrons. The van der Waals surface area contributed by atoms with Crippen molar-refractivity contribution in [2.45, 2.75) is 51.1 Å². The zero-order valence-corrected chi connectivity index (χ0v) is 16.2. The van der Waals surface area contributed by atoms with Crippen LogP contribution >= 0.6 is 0 Å². The summed E-state index contributed by atoms with van der Waals surface area (Å²) in [5.41, 5.74) is 0.481. The van der Waals surface area contributed by atoms with E-state index in [1.807, 2.05) is 45.0 Å². The minimum Gasteiger partial charge on any atom is -0.351 e. The molecule has 0 bridgehead atoms. The summed E-state index contributed by atoms with van der Waals surface area (Å²) < 4.78 is 0. The Morgan fingerprint density at radius 1 is 1.22 bits per heavy atom. The molecule has 3 aliphatic rings. The summed E-state index contributed by atoms with van der Waals surface area (Å²) in [4.78, 5) is 40.4. The lowest BCUT2D eigenvalue weighted by molar-refractivity contribution is -0.132. The van der Waals surface area contributed by atoms with Gasteiger partial charge in [-0.25, -0.2) is 0 Å². The number of carbonyl (C=O) groups is 3. The van der Waals surface area contributed by atoms with E-state index in [4.69, 9.17) is 0 Å². The van der Waals surface area contributed by atoms with Crippen molar-refractivity contribution in [1.82, 2.24) is 15.5 Å². The number of carbonyl (C=O) groups excluding carboxylic acids is 3. The maximum atomic E-state index is 13.1. The number of likely N-dealkylation sites (tertiary alicyclic amines) is 1. The molecule has 2 aliphatic heterocycles. The molecular weight excluding hydrogens is 342 g/mol. The van der Waals surface area contributed by atoms with Gasteiger partial charge in [0.15, 0.2) is 0 Å². The van der Waals surface area contributed by atoms with Gasteiger partial charge in [0.25, 0.3) is 5.91 Å². The van der Waals surface area contributed by atoms with E-state index in [9.17, 15) is 14.4 Å². The Bertz CT molecular complexity index is 809. The van der Waals surface area contributed by atoms with Crippen LogP contribution in [-0.2, 0) is 16.0 Å². The molecular formula is C21H27N3O3. The van der Waals surface area contributed by atoms with E-state index in [-0.39, 0.29) is 29.2 Å². The zero-order valence-electron chi connectivity index (χ0n) is 16.2. The summed E-state index contributed by atoms with van der Waals surface area (Å²) in [5.74, 6) is -0.511. The monoisotopic (exact) mass is 369 g/mol. The molecule has 0 radical (unpaired) electrons. The van der Waals surface area contributed by atoms with Crippen LogP contribution in [0.2, 0.25) is 0 Å². The van der Waals surface area contributed by atoms with Gasteiger partial charge >= 0.3 is 0 Å². The number of fused-ring (bicyclic) bond motifs is 1. The van der Waals surface area contributed by atoms with Gasteiger partial charge in [0, 0.05) is 30.1 Å². The Balaban J connectivity index is 1.68. The largest absolute Gasteiger partial charge is 0.351 e. The van der Waals surface area contributed by atoms with Crippen molar-refractivity contribution >= 4 is 17.7 Å². The van der Waals surface area contributed by atoms with E-state index < -0.39 is 11.5 Å². The van der Waals surface area contributed by atoms with Crippen LogP contribution in [0.25, 0.3) is 0 Å². The van der Waals surface area contributed by atoms with Crippen LogP contribution < -0.4 is 10.6 Å². The van der Waals surface area contributed by atoms with Gasteiger partial charge in [-0.2, -0.15) is 0 Å². The Hall–Kier alpha value is -2.37. The molecule has 2 fully saturated rings. The van der Waals surface area contributed by atoms with Crippen LogP contribution in [0.3, 0.4) is 0 Å². The molecule has 1 aromatic rings. The van der Waals surface area contributed by atoms with Crippen molar-refractivity contribution in [3.8, 4) is 0 Å². The van der Waals surface area contributed by atoms with Gasteiger partial charge in [0.1, 0.15) is 0 Å². The van der Waals surface area contributed by atoms with Crippen molar-refractivity contribution in [1.29, 1.82) is 0 Å². The number of hydrogen-bond donors (Lipinski definition) is 2. The van der Waals surface area contributed by atoms with Crippen LogP contribution in [0.4, 0.5) is 0 Å². The van der Waals surface area contributed by atoms with Gasteiger partial charge in [-0.3, -0.25) is 14.4 Å². The van der Waals surface area contributed by atoms with Crippen molar-refractivity contribution in [3.05, 3.63) is 35.4 Å². The van der Waals surface area contributed by atoms with E-state index in [1.54, 1.807) is 4.90 Å². The number of rotatable bonds is 2. The van der Waals surface area contributed by atoms with E-state index in [2.05, 4.69) is 10.6 Å². The lowest BCUT2D eigenvalue weighted by Crippen LogP contribution is -2.62. The first-order valence-electron chi connectivity index (χ1n) is 9.70. The standard InChI is InChI=1S/C21H27N3O3/c1-20(2,3)22-18(26)16-11-24(19(27)13-8-9-13)12-21(16)10-14-6-4-5-7-15(14)17(25)23-21/h4-7,13,16H,8-12H2,1-3H3,(H,22,26)(H,23,25)/t16-,21+/m0/s1. The maximum Gasteiger partial charge on any atom is 0.252 e. The average Bonchev–Trinajstić information content (AvgIpc) is 3.36. The third-order valence-electron chi connectivity index (χ3n) is 5.73. The quantitative estimate of drug-likeness (QED) is 0.829. The predicted octanol–water partition coefficient (Wildman–Crippen LogP) is 1.49. The molecule has 2 N–H and O–H groups in total. The van der Waals surface area contributed by atoms with Crippen molar-refractivity contribution < 1.29 is 14.4 Å². The zero-order chi connectivity index (χ0) is 19.4. The van der Waals surface area contributed by atoms with Crippen LogP contribution in [0.5, 0.6) is 0 Å². The van der Waals surface area contributed by atoms with Crippen LogP contribution in [0.15, 0.2) is 24.3 Å². The molecule has 2 heterocycles. The van der Waals surface area contributed by atoms with Gasteiger partial charge in [-0.05, 0) is 51.7 Å². The van der Waals surface area contributed by atoms with Crippen LogP contribution in [-0.4, -0.2) is 46.8 Å². The Labute approximate surface area is 159 Å². The van der Waals surface area contributed by atoms with E-state index in [0.29, 0.717) is 25.1 Å². The summed E-state index contributed by atoms with van der Waals surface area (Å²) >= 11 is 0. The van der Waals surface area contributed by atoms with Gasteiger partial charge in [0.2, 0.25) is 11.8 Å². The predicted molar refractivity (Wildman–Crippen MR) is 101 cm³/mol. The van der Waals surface area contributed by atoms with Gasteiger partial charge < -0.3 is 15.5 Å². The van der Waals surface area contributed by atoms with Crippen molar-refractivity contribution in [2.24, 2.45) is 11.8 Å². The molecule has 3 amide bonds. The molecule has 1 spiro atoms. The smallest absolute Gasteiger partial charge is 0.252 e. The third kappa shape index (κ3) is 3.33. The second kappa shape index (κ2) is 6.08. The summed E-state index contributed by atoms with van der Waals surface area (Å²) in [5, 5.41) is 6.16. The second-order valence-electron chi connectivity index (χ2n) is 9.23. The number of hydrogen-bond acceptors (Lipinski definition) is 3. The van der Waals surface area contributed by atoms with Crippen LogP contribution in [0.1, 0.15) is 49.5 Å². The molecule has 1 saturated heterocycles. The number of amides is 3. The van der Waals surface area contributed by atoms with Crippen molar-refractivity contribution in [2.75, 3.05) is 13.1 Å². The molecule has 27 heavy (non-hydrogen) atoms. The first-order chi connectivity index (χ1) is 12.7. The lowest BCUT2D eigenvalue weighted by atomic mass is 9.76. The maximum absolute atomic E-state index is 13.1. The molecule has 6 heteroatoms. The van der Waals surface area contributed by atoms with Gasteiger partial charge in [-0.1, -0.05) is 18.2 Å². The topological polar surface area (TPSA) is 78.5 Å². The highest BCUT2D eigenvalue weighted by atomic mass is 16.2. The molecule has 1 saturated carbocycles. The Kier molecular flexibility index (Phi) is 4.05. The summed E-state index contributed by atoms with van der Waals surface area (Å²) in [7, 11) is 0. The lowest BCUT2D eigenvalue weighted by Gasteiger charge is -2.39. The van der Waals surface area contributed by atoms with Gasteiger partial charge in [0.05, 0.1) is 11.5 Å². The fraction of sp³-hybridized carbons (Fsp3) is 0.571. The minimum atomic E-state index is -0.745. The minimum absolute atomic E-state index is 0.0954. The van der Waals surface area contributed by atoms with E-state index in [1.165, 1.54) is 0 Å². The normalized spacial score (nSPS) is 27.3. The fourth-order valence-electron chi connectivity index (χ4n) is 4.34. The summed E-state index contributed by atoms with van der Waals surface area (Å²) in [6.45, 7) is 6.57. The number of nitrogens with zero attached hydrogens (tertiary/aromatic N) is 1. The van der Waals surface area contributed by atoms with E-state index in [0.717, 1.165) is 18.4 Å². The second-order valence-corrected chi connectivity index (χ2v) is 9.23. The SMILES string of the molecule is CC(C)(C)NC(=O)[C@@H]1CN(C(=O)C2CC2)C[C@]12Cc1ccccc1C(=O)N2. The Morgan fingerprint density at radius 2 is 1.93 bits per heavy atom. The molecule has 0 unspecified atom stereocenters. The molecule has 2 atom stereocenters. The molecule has 4 rings (SSSR count). The average molecular weight is 369 g/mol. The highest BCUT2D eigenvalue weighted by Gasteiger charge is 2.55. The number of benzene rings is 1. The number of nitrogens with one attached hydrogen (secondary N) is 2. The Morgan fingerprint density at radius 3 is 2.59 bits per heavy atom. The summed E-state index contributed by atoms with van der Waals surface area (Å²) in [6, 6.07) is 7.51. The van der Waals surface area contributed by atoms with Crippen molar-refractivity contribution in [3.63, 3.8) is 0 Å². The molecule has 6 nitrogen and oxygen atoms in total. The van der Waals surface area contributed by atoms with E-state index >= 15 is 0 Å². The van der Waals surface area contributed by atoms with Crippen LogP contribution in [0, 0.1) is 11.8 Å². The molecule has 1 aliphatic carbocycles. The first-order valence-corrected chi connectivity index (χ1v) is 9.70. The van der Waals surface area contributed by atoms with Gasteiger partial charge in [-0.15, -0.1) is 0 Å².